The van der Waals surface area contributed by atoms with Gasteiger partial charge >= 0.3 is 0 Å². The van der Waals surface area contributed by atoms with Gasteiger partial charge in [0.25, 0.3) is 5.91 Å². The lowest BCUT2D eigenvalue weighted by atomic mass is 10.3. The Morgan fingerprint density at radius 1 is 1.36 bits per heavy atom. The maximum atomic E-state index is 11.8. The Labute approximate surface area is 131 Å². The van der Waals surface area contributed by atoms with Crippen LogP contribution in [0.3, 0.4) is 0 Å². The zero-order chi connectivity index (χ0) is 15.5. The first-order chi connectivity index (χ1) is 10.7. The lowest BCUT2D eigenvalue weighted by Crippen LogP contribution is -2.19. The van der Waals surface area contributed by atoms with E-state index in [9.17, 15) is 4.79 Å². The van der Waals surface area contributed by atoms with Crippen molar-refractivity contribution in [1.82, 2.24) is 19.9 Å². The number of hydrogen-bond acceptors (Lipinski definition) is 4. The molecular formula is C15H15N5OS. The molecule has 3 rings (SSSR count). The number of nitrogens with one attached hydrogen (secondary N) is 2. The number of imidazole rings is 1. The molecule has 0 bridgehead atoms. The van der Waals surface area contributed by atoms with Gasteiger partial charge in [-0.05, 0) is 19.1 Å². The molecular weight excluding hydrogens is 298 g/mol. The van der Waals surface area contributed by atoms with Gasteiger partial charge < -0.3 is 10.3 Å². The van der Waals surface area contributed by atoms with Crippen LogP contribution in [-0.4, -0.2) is 27.5 Å². The monoisotopic (exact) mass is 313 g/mol. The number of aryl methyl sites for hydroxylation is 1. The molecule has 0 saturated carbocycles. The lowest BCUT2D eigenvalue weighted by molar-refractivity contribution is 0.0959. The summed E-state index contributed by atoms with van der Waals surface area (Å²) in [6.07, 6.45) is 1.47. The number of aromatic nitrogens is 3. The van der Waals surface area contributed by atoms with Crippen LogP contribution in [0.1, 0.15) is 16.2 Å². The van der Waals surface area contributed by atoms with E-state index in [1.165, 1.54) is 17.7 Å². The van der Waals surface area contributed by atoms with Crippen molar-refractivity contribution in [2.75, 3.05) is 7.05 Å². The first kappa shape index (κ1) is 14.3. The molecule has 1 aromatic carbocycles. The Balaban J connectivity index is 2.15. The van der Waals surface area contributed by atoms with Gasteiger partial charge in [0.2, 0.25) is 0 Å². The Morgan fingerprint density at radius 3 is 2.86 bits per heavy atom. The number of nitrogens with zero attached hydrogens (tertiary/aromatic N) is 3. The maximum Gasteiger partial charge on any atom is 0.271 e. The molecule has 2 aromatic heterocycles. The minimum Gasteiger partial charge on any atom is -0.354 e. The van der Waals surface area contributed by atoms with Gasteiger partial charge in [-0.2, -0.15) is 4.99 Å². The molecule has 0 aliphatic rings. The van der Waals surface area contributed by atoms with Gasteiger partial charge in [-0.1, -0.05) is 18.2 Å². The van der Waals surface area contributed by atoms with Crippen LogP contribution in [-0.2, 0) is 0 Å². The summed E-state index contributed by atoms with van der Waals surface area (Å²) in [6.45, 7) is 2.02. The molecule has 2 heterocycles. The van der Waals surface area contributed by atoms with Crippen molar-refractivity contribution in [3.05, 3.63) is 58.2 Å². The Bertz CT molecular complexity index is 859. The summed E-state index contributed by atoms with van der Waals surface area (Å²) < 4.78 is 2.03. The van der Waals surface area contributed by atoms with Crippen LogP contribution in [0.25, 0.3) is 5.69 Å². The summed E-state index contributed by atoms with van der Waals surface area (Å²) >= 11 is 1.51. The molecule has 0 unspecified atom stereocenters. The van der Waals surface area contributed by atoms with Gasteiger partial charge in [-0.25, -0.2) is 4.98 Å². The third-order valence-electron chi connectivity index (χ3n) is 3.17. The van der Waals surface area contributed by atoms with Crippen molar-refractivity contribution in [2.24, 2.45) is 4.99 Å². The molecule has 0 atom stereocenters. The number of amides is 1. The molecule has 0 aliphatic heterocycles. The van der Waals surface area contributed by atoms with Crippen LogP contribution in [0.2, 0.25) is 0 Å². The van der Waals surface area contributed by atoms with Gasteiger partial charge in [0.05, 0.1) is 6.33 Å². The van der Waals surface area contributed by atoms with E-state index in [-0.39, 0.29) is 5.91 Å². The number of carbonyl (C=O) groups excluding carboxylic acids is 1. The van der Waals surface area contributed by atoms with E-state index >= 15 is 0 Å². The third-order valence-corrected chi connectivity index (χ3v) is 4.11. The van der Waals surface area contributed by atoms with Gasteiger partial charge in [-0.3, -0.25) is 9.36 Å². The number of carbonyl (C=O) groups is 1. The highest BCUT2D eigenvalue weighted by Gasteiger charge is 2.13. The van der Waals surface area contributed by atoms with Crippen LogP contribution in [0.15, 0.2) is 47.0 Å². The predicted molar refractivity (Wildman–Crippen MR) is 85.6 cm³/mol. The minimum atomic E-state index is -0.240. The van der Waals surface area contributed by atoms with Crippen LogP contribution in [0.5, 0.6) is 0 Å². The molecule has 22 heavy (non-hydrogen) atoms. The van der Waals surface area contributed by atoms with Crippen molar-refractivity contribution in [2.45, 2.75) is 6.92 Å². The van der Waals surface area contributed by atoms with Gasteiger partial charge in [0.15, 0.2) is 16.3 Å². The third kappa shape index (κ3) is 2.58. The molecule has 0 saturated heterocycles. The predicted octanol–water partition coefficient (Wildman–Crippen LogP) is 2.16. The van der Waals surface area contributed by atoms with E-state index in [1.807, 2.05) is 47.2 Å². The van der Waals surface area contributed by atoms with Crippen LogP contribution in [0, 0.1) is 6.92 Å². The molecule has 2 N–H and O–H groups in total. The fourth-order valence-corrected chi connectivity index (χ4v) is 2.99. The SMILES string of the molecule is CNC(=O)c1[nH]cnc1/N=c1\scc(C)n1-c1ccccc1. The summed E-state index contributed by atoms with van der Waals surface area (Å²) in [5.41, 5.74) is 2.46. The molecule has 0 spiro atoms. The molecule has 0 radical (unpaired) electrons. The number of benzene rings is 1. The van der Waals surface area contributed by atoms with Gasteiger partial charge in [-0.15, -0.1) is 11.3 Å². The summed E-state index contributed by atoms with van der Waals surface area (Å²) in [5, 5.41) is 4.60. The van der Waals surface area contributed by atoms with E-state index in [2.05, 4.69) is 20.3 Å². The average Bonchev–Trinajstić information content (AvgIpc) is 3.15. The second-order valence-corrected chi connectivity index (χ2v) is 5.46. The standard InChI is InChI=1S/C15H15N5OS/c1-10-8-22-15(20(10)11-6-4-3-5-7-11)19-13-12(14(21)16-2)17-9-18-13/h3-9H,1-2H3,(H,16,21)(H,17,18)/b19-15-. The molecule has 0 fully saturated rings. The average molecular weight is 313 g/mol. The van der Waals surface area contributed by atoms with Crippen LogP contribution in [0.4, 0.5) is 5.82 Å². The van der Waals surface area contributed by atoms with E-state index in [0.717, 1.165) is 16.2 Å². The molecule has 6 nitrogen and oxygen atoms in total. The number of H-pyrrole nitrogens is 1. The number of para-hydroxylation sites is 1. The summed E-state index contributed by atoms with van der Waals surface area (Å²) in [6, 6.07) is 9.97. The van der Waals surface area contributed by atoms with Crippen molar-refractivity contribution >= 4 is 23.1 Å². The zero-order valence-electron chi connectivity index (χ0n) is 12.2. The smallest absolute Gasteiger partial charge is 0.271 e. The first-order valence-corrected chi connectivity index (χ1v) is 7.61. The zero-order valence-corrected chi connectivity index (χ0v) is 13.0. The van der Waals surface area contributed by atoms with Crippen LogP contribution < -0.4 is 10.1 Å². The number of thiazole rings is 1. The van der Waals surface area contributed by atoms with Crippen molar-refractivity contribution in [1.29, 1.82) is 0 Å². The molecule has 0 aliphatic carbocycles. The Hall–Kier alpha value is -2.67. The van der Waals surface area contributed by atoms with E-state index in [1.54, 1.807) is 7.05 Å². The van der Waals surface area contributed by atoms with E-state index < -0.39 is 0 Å². The van der Waals surface area contributed by atoms with Crippen LogP contribution >= 0.6 is 11.3 Å². The Morgan fingerprint density at radius 2 is 2.14 bits per heavy atom. The minimum absolute atomic E-state index is 0.240. The Kier molecular flexibility index (Phi) is 3.88. The van der Waals surface area contributed by atoms with Gasteiger partial charge in [0.1, 0.15) is 0 Å². The molecule has 3 aromatic rings. The molecule has 112 valence electrons. The lowest BCUT2D eigenvalue weighted by Gasteiger charge is -2.05. The summed E-state index contributed by atoms with van der Waals surface area (Å²) in [4.78, 5) is 24.1. The van der Waals surface area contributed by atoms with Crippen molar-refractivity contribution in [3.63, 3.8) is 0 Å². The van der Waals surface area contributed by atoms with Gasteiger partial charge in [0, 0.05) is 23.8 Å². The number of aromatic amines is 1. The normalized spacial score (nSPS) is 11.6. The fourth-order valence-electron chi connectivity index (χ4n) is 2.12. The number of hydrogen-bond donors (Lipinski definition) is 2. The molecule has 1 amide bonds. The second-order valence-electron chi connectivity index (χ2n) is 4.62. The molecule has 7 heteroatoms. The second kappa shape index (κ2) is 5.98. The van der Waals surface area contributed by atoms with E-state index in [0.29, 0.717) is 11.5 Å². The van der Waals surface area contributed by atoms with E-state index in [4.69, 9.17) is 0 Å². The van der Waals surface area contributed by atoms with Crippen molar-refractivity contribution in [3.8, 4) is 5.69 Å². The largest absolute Gasteiger partial charge is 0.354 e. The maximum absolute atomic E-state index is 11.8. The quantitative estimate of drug-likeness (QED) is 0.777. The highest BCUT2D eigenvalue weighted by atomic mass is 32.1. The first-order valence-electron chi connectivity index (χ1n) is 6.73. The summed E-state index contributed by atoms with van der Waals surface area (Å²) in [7, 11) is 1.58. The highest BCUT2D eigenvalue weighted by molar-refractivity contribution is 7.07. The highest BCUT2D eigenvalue weighted by Crippen LogP contribution is 2.15. The van der Waals surface area contributed by atoms with Crippen molar-refractivity contribution < 1.29 is 4.79 Å². The number of rotatable bonds is 3. The summed E-state index contributed by atoms with van der Waals surface area (Å²) in [5.74, 6) is 0.140. The fraction of sp³-hybridized carbons (Fsp3) is 0.133. The topological polar surface area (TPSA) is 75.1 Å².